The minimum atomic E-state index is -0.225. The molecule has 2 amide bonds. The van der Waals surface area contributed by atoms with Crippen LogP contribution in [0.5, 0.6) is 0 Å². The number of anilines is 1. The second kappa shape index (κ2) is 9.47. The predicted octanol–water partition coefficient (Wildman–Crippen LogP) is 2.37. The Kier molecular flexibility index (Phi) is 7.01. The van der Waals surface area contributed by atoms with E-state index in [9.17, 15) is 9.59 Å². The van der Waals surface area contributed by atoms with Crippen molar-refractivity contribution in [3.63, 3.8) is 0 Å². The van der Waals surface area contributed by atoms with Crippen LogP contribution in [0.3, 0.4) is 0 Å². The van der Waals surface area contributed by atoms with E-state index in [0.29, 0.717) is 12.1 Å². The maximum atomic E-state index is 12.0. The van der Waals surface area contributed by atoms with Crippen LogP contribution in [0.25, 0.3) is 0 Å². The number of hydrogen-bond acceptors (Lipinski definition) is 3. The van der Waals surface area contributed by atoms with Crippen LogP contribution in [-0.2, 0) is 4.79 Å². The standard InChI is InChI=1S/C20H25N3O2/c1-16-9-6-7-12-18(16)20(25)22-15-19(24)21-13-8-14-23(2)17-10-4-3-5-11-17/h3-7,9-12H,8,13-15H2,1-2H3,(H,21,24)(H,22,25). The molecule has 0 radical (unpaired) electrons. The SMILES string of the molecule is Cc1ccccc1C(=O)NCC(=O)NCCCN(C)c1ccccc1. The Balaban J connectivity index is 1.64. The van der Waals surface area contributed by atoms with Gasteiger partial charge in [-0.05, 0) is 37.1 Å². The van der Waals surface area contributed by atoms with Crippen LogP contribution in [0.1, 0.15) is 22.3 Å². The summed E-state index contributed by atoms with van der Waals surface area (Å²) in [5.74, 6) is -0.402. The number of hydrogen-bond donors (Lipinski definition) is 2. The van der Waals surface area contributed by atoms with Gasteiger partial charge in [0.15, 0.2) is 0 Å². The zero-order valence-corrected chi connectivity index (χ0v) is 14.8. The molecule has 0 fully saturated rings. The third-order valence-corrected chi connectivity index (χ3v) is 3.99. The zero-order chi connectivity index (χ0) is 18.1. The molecule has 0 aromatic heterocycles. The number of carbonyl (C=O) groups excluding carboxylic acids is 2. The predicted molar refractivity (Wildman–Crippen MR) is 101 cm³/mol. The summed E-state index contributed by atoms with van der Waals surface area (Å²) in [5.41, 5.74) is 2.64. The van der Waals surface area contributed by atoms with Gasteiger partial charge >= 0.3 is 0 Å². The second-order valence-electron chi connectivity index (χ2n) is 5.96. The fourth-order valence-corrected chi connectivity index (χ4v) is 2.50. The van der Waals surface area contributed by atoms with Crippen molar-refractivity contribution in [2.75, 3.05) is 31.6 Å². The quantitative estimate of drug-likeness (QED) is 0.726. The summed E-state index contributed by atoms with van der Waals surface area (Å²) < 4.78 is 0. The fraction of sp³-hybridized carbons (Fsp3) is 0.300. The van der Waals surface area contributed by atoms with Crippen LogP contribution in [0.2, 0.25) is 0 Å². The molecule has 0 aliphatic rings. The smallest absolute Gasteiger partial charge is 0.251 e. The monoisotopic (exact) mass is 339 g/mol. The van der Waals surface area contributed by atoms with E-state index in [-0.39, 0.29) is 18.4 Å². The van der Waals surface area contributed by atoms with Crippen molar-refractivity contribution in [3.05, 3.63) is 65.7 Å². The Bertz CT molecular complexity index is 701. The summed E-state index contributed by atoms with van der Waals surface area (Å²) in [7, 11) is 2.03. The number of para-hydroxylation sites is 1. The zero-order valence-electron chi connectivity index (χ0n) is 14.8. The lowest BCUT2D eigenvalue weighted by Crippen LogP contribution is -2.38. The van der Waals surface area contributed by atoms with Gasteiger partial charge in [-0.15, -0.1) is 0 Å². The Morgan fingerprint density at radius 2 is 1.64 bits per heavy atom. The van der Waals surface area contributed by atoms with Crippen LogP contribution < -0.4 is 15.5 Å². The number of benzene rings is 2. The van der Waals surface area contributed by atoms with Gasteiger partial charge in [0, 0.05) is 31.4 Å². The molecule has 0 aliphatic carbocycles. The average Bonchev–Trinajstić information content (AvgIpc) is 2.64. The first kappa shape index (κ1) is 18.5. The molecular weight excluding hydrogens is 314 g/mol. The molecule has 5 heteroatoms. The van der Waals surface area contributed by atoms with Crippen LogP contribution >= 0.6 is 0 Å². The lowest BCUT2D eigenvalue weighted by atomic mass is 10.1. The van der Waals surface area contributed by atoms with Gasteiger partial charge in [0.1, 0.15) is 0 Å². The first-order valence-corrected chi connectivity index (χ1v) is 8.44. The average molecular weight is 339 g/mol. The third kappa shape index (κ3) is 5.95. The van der Waals surface area contributed by atoms with E-state index < -0.39 is 0 Å². The summed E-state index contributed by atoms with van der Waals surface area (Å²) in [6.07, 6.45) is 0.836. The van der Waals surface area contributed by atoms with E-state index in [4.69, 9.17) is 0 Å². The summed E-state index contributed by atoms with van der Waals surface area (Å²) >= 11 is 0. The molecule has 0 aliphatic heterocycles. The molecule has 2 aromatic rings. The van der Waals surface area contributed by atoms with Crippen LogP contribution in [0.15, 0.2) is 54.6 Å². The van der Waals surface area contributed by atoms with Gasteiger partial charge in [0.2, 0.25) is 5.91 Å². The van der Waals surface area contributed by atoms with Gasteiger partial charge < -0.3 is 15.5 Å². The first-order valence-electron chi connectivity index (χ1n) is 8.44. The van der Waals surface area contributed by atoms with Crippen molar-refractivity contribution >= 4 is 17.5 Å². The van der Waals surface area contributed by atoms with E-state index in [1.54, 1.807) is 6.07 Å². The van der Waals surface area contributed by atoms with E-state index >= 15 is 0 Å². The molecule has 2 aromatic carbocycles. The molecule has 5 nitrogen and oxygen atoms in total. The highest BCUT2D eigenvalue weighted by molar-refractivity contribution is 5.97. The van der Waals surface area contributed by atoms with E-state index in [1.165, 1.54) is 0 Å². The number of rotatable bonds is 8. The lowest BCUT2D eigenvalue weighted by Gasteiger charge is -2.19. The van der Waals surface area contributed by atoms with Gasteiger partial charge in [-0.3, -0.25) is 9.59 Å². The van der Waals surface area contributed by atoms with Gasteiger partial charge in [-0.25, -0.2) is 0 Å². The molecule has 0 saturated heterocycles. The van der Waals surface area contributed by atoms with Gasteiger partial charge in [-0.1, -0.05) is 36.4 Å². The highest BCUT2D eigenvalue weighted by Gasteiger charge is 2.09. The molecular formula is C20H25N3O2. The van der Waals surface area contributed by atoms with Crippen molar-refractivity contribution in [2.45, 2.75) is 13.3 Å². The van der Waals surface area contributed by atoms with Crippen molar-refractivity contribution < 1.29 is 9.59 Å². The molecule has 0 bridgehead atoms. The topological polar surface area (TPSA) is 61.4 Å². The second-order valence-corrected chi connectivity index (χ2v) is 5.96. The lowest BCUT2D eigenvalue weighted by molar-refractivity contribution is -0.120. The highest BCUT2D eigenvalue weighted by Crippen LogP contribution is 2.10. The molecule has 2 rings (SSSR count). The number of amides is 2. The van der Waals surface area contributed by atoms with Crippen LogP contribution in [0, 0.1) is 6.92 Å². The van der Waals surface area contributed by atoms with Crippen molar-refractivity contribution in [1.82, 2.24) is 10.6 Å². The minimum absolute atomic E-state index is 0.0122. The normalized spacial score (nSPS) is 10.2. The molecule has 0 atom stereocenters. The summed E-state index contributed by atoms with van der Waals surface area (Å²) in [5, 5.41) is 5.48. The van der Waals surface area contributed by atoms with Crippen LogP contribution in [-0.4, -0.2) is 38.5 Å². The molecule has 0 heterocycles. The summed E-state index contributed by atoms with van der Waals surface area (Å²) in [6.45, 7) is 3.29. The van der Waals surface area contributed by atoms with Gasteiger partial charge in [0.25, 0.3) is 5.91 Å². The van der Waals surface area contributed by atoms with E-state index in [0.717, 1.165) is 24.2 Å². The van der Waals surface area contributed by atoms with Crippen molar-refractivity contribution in [2.24, 2.45) is 0 Å². The number of carbonyl (C=O) groups is 2. The Morgan fingerprint density at radius 1 is 0.960 bits per heavy atom. The summed E-state index contributed by atoms with van der Waals surface area (Å²) in [6, 6.07) is 17.4. The van der Waals surface area contributed by atoms with Crippen LogP contribution in [0.4, 0.5) is 5.69 Å². The maximum Gasteiger partial charge on any atom is 0.251 e. The molecule has 132 valence electrons. The third-order valence-electron chi connectivity index (χ3n) is 3.99. The maximum absolute atomic E-state index is 12.0. The first-order chi connectivity index (χ1) is 12.1. The van der Waals surface area contributed by atoms with Gasteiger partial charge in [-0.2, -0.15) is 0 Å². The van der Waals surface area contributed by atoms with E-state index in [2.05, 4.69) is 27.7 Å². The Morgan fingerprint density at radius 3 is 2.36 bits per heavy atom. The number of aryl methyl sites for hydroxylation is 1. The molecule has 0 unspecified atom stereocenters. The molecule has 2 N–H and O–H groups in total. The number of nitrogens with zero attached hydrogens (tertiary/aromatic N) is 1. The Labute approximate surface area is 149 Å². The highest BCUT2D eigenvalue weighted by atomic mass is 16.2. The van der Waals surface area contributed by atoms with Gasteiger partial charge in [0.05, 0.1) is 6.54 Å². The number of nitrogens with one attached hydrogen (secondary N) is 2. The molecule has 0 saturated carbocycles. The minimum Gasteiger partial charge on any atom is -0.375 e. The van der Waals surface area contributed by atoms with Crippen molar-refractivity contribution in [1.29, 1.82) is 0 Å². The summed E-state index contributed by atoms with van der Waals surface area (Å²) in [4.78, 5) is 26.0. The molecule has 25 heavy (non-hydrogen) atoms. The Hall–Kier alpha value is -2.82. The fourth-order valence-electron chi connectivity index (χ4n) is 2.50. The molecule has 0 spiro atoms. The largest absolute Gasteiger partial charge is 0.375 e. The van der Waals surface area contributed by atoms with Crippen molar-refractivity contribution in [3.8, 4) is 0 Å². The van der Waals surface area contributed by atoms with E-state index in [1.807, 2.05) is 50.4 Å².